The SMILES string of the molecule is COc1ccc(OC(=O)C(F)(F)C(F)(F)F)c(Cl)c1. The van der Waals surface area contributed by atoms with Gasteiger partial charge in [0, 0.05) is 6.07 Å². The summed E-state index contributed by atoms with van der Waals surface area (Å²) in [6.45, 7) is 0. The zero-order chi connectivity index (χ0) is 14.8. The average Bonchev–Trinajstić information content (AvgIpc) is 2.30. The molecule has 0 fully saturated rings. The monoisotopic (exact) mass is 304 g/mol. The van der Waals surface area contributed by atoms with Gasteiger partial charge in [0.2, 0.25) is 0 Å². The van der Waals surface area contributed by atoms with Crippen LogP contribution in [0.4, 0.5) is 22.0 Å². The average molecular weight is 305 g/mol. The van der Waals surface area contributed by atoms with Gasteiger partial charge in [-0.25, -0.2) is 4.79 Å². The van der Waals surface area contributed by atoms with Gasteiger partial charge in [0.15, 0.2) is 0 Å². The Kier molecular flexibility index (Phi) is 4.24. The van der Waals surface area contributed by atoms with Crippen LogP contribution < -0.4 is 9.47 Å². The van der Waals surface area contributed by atoms with E-state index < -0.39 is 23.8 Å². The summed E-state index contributed by atoms with van der Waals surface area (Å²) < 4.78 is 69.6. The van der Waals surface area contributed by atoms with E-state index in [0.29, 0.717) is 0 Å². The van der Waals surface area contributed by atoms with E-state index in [9.17, 15) is 26.7 Å². The summed E-state index contributed by atoms with van der Waals surface area (Å²) in [5, 5.41) is -0.342. The maximum atomic E-state index is 12.6. The second-order valence-electron chi connectivity index (χ2n) is 3.26. The van der Waals surface area contributed by atoms with Gasteiger partial charge in [-0.1, -0.05) is 11.6 Å². The lowest BCUT2D eigenvalue weighted by atomic mass is 10.3. The van der Waals surface area contributed by atoms with Crippen LogP contribution >= 0.6 is 11.6 Å². The van der Waals surface area contributed by atoms with E-state index >= 15 is 0 Å². The number of hydrogen-bond donors (Lipinski definition) is 0. The molecule has 0 aromatic heterocycles. The van der Waals surface area contributed by atoms with Crippen LogP contribution in [-0.2, 0) is 4.79 Å². The van der Waals surface area contributed by atoms with Crippen LogP contribution in [0.15, 0.2) is 18.2 Å². The molecule has 0 atom stereocenters. The Labute approximate surface area is 108 Å². The lowest BCUT2D eigenvalue weighted by Crippen LogP contribution is -2.46. The van der Waals surface area contributed by atoms with Crippen LogP contribution in [-0.4, -0.2) is 25.2 Å². The quantitative estimate of drug-likeness (QED) is 0.487. The van der Waals surface area contributed by atoms with E-state index in [1.165, 1.54) is 13.2 Å². The highest BCUT2D eigenvalue weighted by Gasteiger charge is 2.65. The molecule has 9 heteroatoms. The topological polar surface area (TPSA) is 35.5 Å². The minimum Gasteiger partial charge on any atom is -0.497 e. The Morgan fingerprint density at radius 3 is 2.21 bits per heavy atom. The Hall–Kier alpha value is -1.57. The predicted octanol–water partition coefficient (Wildman–Crippen LogP) is 3.45. The minimum absolute atomic E-state index is 0.215. The molecular weight excluding hydrogens is 299 g/mol. The van der Waals surface area contributed by atoms with Gasteiger partial charge >= 0.3 is 18.1 Å². The van der Waals surface area contributed by atoms with Crippen LogP contribution in [0.1, 0.15) is 0 Å². The third kappa shape index (κ3) is 3.25. The van der Waals surface area contributed by atoms with Crippen molar-refractivity contribution in [2.24, 2.45) is 0 Å². The molecule has 0 spiro atoms. The highest BCUT2D eigenvalue weighted by molar-refractivity contribution is 6.32. The van der Waals surface area contributed by atoms with E-state index in [-0.39, 0.29) is 10.8 Å². The Morgan fingerprint density at radius 2 is 1.79 bits per heavy atom. The van der Waals surface area contributed by atoms with Crippen molar-refractivity contribution in [2.45, 2.75) is 12.1 Å². The number of rotatable bonds is 3. The molecule has 106 valence electrons. The summed E-state index contributed by atoms with van der Waals surface area (Å²) in [6, 6.07) is 3.21. The Bertz CT molecular complexity index is 487. The summed E-state index contributed by atoms with van der Waals surface area (Å²) >= 11 is 5.53. The molecule has 0 N–H and O–H groups in total. The summed E-state index contributed by atoms with van der Waals surface area (Å²) in [4.78, 5) is 10.8. The summed E-state index contributed by atoms with van der Waals surface area (Å²) in [7, 11) is 1.29. The van der Waals surface area contributed by atoms with Crippen LogP contribution in [0, 0.1) is 0 Å². The van der Waals surface area contributed by atoms with E-state index in [1.807, 2.05) is 0 Å². The molecule has 0 amide bonds. The Morgan fingerprint density at radius 1 is 1.21 bits per heavy atom. The number of carbonyl (C=O) groups excluding carboxylic acids is 1. The molecule has 19 heavy (non-hydrogen) atoms. The molecule has 0 heterocycles. The van der Waals surface area contributed by atoms with Gasteiger partial charge in [-0.05, 0) is 12.1 Å². The van der Waals surface area contributed by atoms with Crippen molar-refractivity contribution in [2.75, 3.05) is 7.11 Å². The molecule has 1 aromatic carbocycles. The highest BCUT2D eigenvalue weighted by atomic mass is 35.5. The number of ether oxygens (including phenoxy) is 2. The molecule has 0 aliphatic carbocycles. The zero-order valence-electron chi connectivity index (χ0n) is 9.22. The van der Waals surface area contributed by atoms with E-state index in [4.69, 9.17) is 16.3 Å². The molecule has 0 unspecified atom stereocenters. The van der Waals surface area contributed by atoms with Crippen molar-refractivity contribution in [1.82, 2.24) is 0 Å². The summed E-state index contributed by atoms with van der Waals surface area (Å²) in [5.74, 6) is -8.79. The lowest BCUT2D eigenvalue weighted by molar-refractivity contribution is -0.276. The van der Waals surface area contributed by atoms with E-state index in [0.717, 1.165) is 12.1 Å². The first-order valence-electron chi connectivity index (χ1n) is 4.60. The van der Waals surface area contributed by atoms with Crippen LogP contribution in [0.25, 0.3) is 0 Å². The van der Waals surface area contributed by atoms with Crippen molar-refractivity contribution in [3.63, 3.8) is 0 Å². The third-order valence-electron chi connectivity index (χ3n) is 1.95. The minimum atomic E-state index is -6.04. The van der Waals surface area contributed by atoms with E-state index in [2.05, 4.69) is 4.74 Å². The standard InChI is InChI=1S/C10H6ClF5O3/c1-18-5-2-3-7(6(11)4-5)19-8(17)9(12,13)10(14,15)16/h2-4H,1H3. The molecule has 0 bridgehead atoms. The first kappa shape index (κ1) is 15.5. The van der Waals surface area contributed by atoms with Gasteiger partial charge in [0.1, 0.15) is 11.5 Å². The lowest BCUT2D eigenvalue weighted by Gasteiger charge is -2.18. The fourth-order valence-corrected chi connectivity index (χ4v) is 1.18. The number of alkyl halides is 5. The Balaban J connectivity index is 2.95. The molecule has 0 aliphatic heterocycles. The second kappa shape index (κ2) is 5.20. The second-order valence-corrected chi connectivity index (χ2v) is 3.67. The maximum absolute atomic E-state index is 12.6. The number of hydrogen-bond acceptors (Lipinski definition) is 3. The molecule has 0 saturated heterocycles. The number of halogens is 6. The number of benzene rings is 1. The summed E-state index contributed by atoms with van der Waals surface area (Å²) in [5.41, 5.74) is 0. The van der Waals surface area contributed by atoms with Crippen molar-refractivity contribution in [3.05, 3.63) is 23.2 Å². The van der Waals surface area contributed by atoms with Gasteiger partial charge in [0.05, 0.1) is 12.1 Å². The smallest absolute Gasteiger partial charge is 0.465 e. The number of esters is 1. The van der Waals surface area contributed by atoms with Crippen LogP contribution in [0.3, 0.4) is 0 Å². The normalized spacial score (nSPS) is 12.2. The molecule has 0 radical (unpaired) electrons. The van der Waals surface area contributed by atoms with Crippen LogP contribution in [0.2, 0.25) is 5.02 Å². The zero-order valence-corrected chi connectivity index (χ0v) is 9.98. The van der Waals surface area contributed by atoms with Crippen molar-refractivity contribution in [1.29, 1.82) is 0 Å². The highest BCUT2D eigenvalue weighted by Crippen LogP contribution is 2.38. The molecule has 1 rings (SSSR count). The molecule has 0 aliphatic rings. The van der Waals surface area contributed by atoms with Gasteiger partial charge in [-0.15, -0.1) is 0 Å². The van der Waals surface area contributed by atoms with Crippen molar-refractivity contribution >= 4 is 17.6 Å². The molecule has 1 aromatic rings. The first-order valence-corrected chi connectivity index (χ1v) is 4.97. The summed E-state index contributed by atoms with van der Waals surface area (Å²) in [6.07, 6.45) is -6.04. The molecule has 0 saturated carbocycles. The molecular formula is C10H6ClF5O3. The number of carbonyl (C=O) groups is 1. The third-order valence-corrected chi connectivity index (χ3v) is 2.25. The fourth-order valence-electron chi connectivity index (χ4n) is 0.971. The van der Waals surface area contributed by atoms with Gasteiger partial charge in [-0.3, -0.25) is 0 Å². The maximum Gasteiger partial charge on any atom is 0.465 e. The van der Waals surface area contributed by atoms with Crippen molar-refractivity contribution < 1.29 is 36.2 Å². The number of methoxy groups -OCH3 is 1. The predicted molar refractivity (Wildman–Crippen MR) is 54.6 cm³/mol. The van der Waals surface area contributed by atoms with Crippen molar-refractivity contribution in [3.8, 4) is 11.5 Å². The largest absolute Gasteiger partial charge is 0.497 e. The first-order chi connectivity index (χ1) is 8.59. The van der Waals surface area contributed by atoms with Crippen LogP contribution in [0.5, 0.6) is 11.5 Å². The van der Waals surface area contributed by atoms with Gasteiger partial charge in [0.25, 0.3) is 0 Å². The van der Waals surface area contributed by atoms with E-state index in [1.54, 1.807) is 0 Å². The fraction of sp³-hybridized carbons (Fsp3) is 0.300. The molecule has 3 nitrogen and oxygen atoms in total. The van der Waals surface area contributed by atoms with Gasteiger partial charge < -0.3 is 9.47 Å². The van der Waals surface area contributed by atoms with Gasteiger partial charge in [-0.2, -0.15) is 22.0 Å².